The Balaban J connectivity index is 2.31. The van der Waals surface area contributed by atoms with Crippen LogP contribution in [-0.2, 0) is 9.53 Å². The van der Waals surface area contributed by atoms with Crippen LogP contribution >= 0.6 is 15.9 Å². The number of ketones is 1. The fourth-order valence-corrected chi connectivity index (χ4v) is 3.27. The zero-order valence-electron chi connectivity index (χ0n) is 11.9. The van der Waals surface area contributed by atoms with Gasteiger partial charge in [-0.1, -0.05) is 35.5 Å². The molecule has 1 aliphatic heterocycles. The Morgan fingerprint density at radius 2 is 2.30 bits per heavy atom. The van der Waals surface area contributed by atoms with Crippen molar-refractivity contribution in [2.45, 2.75) is 32.6 Å². The van der Waals surface area contributed by atoms with Crippen LogP contribution in [-0.4, -0.2) is 12.4 Å². The molecule has 1 saturated carbocycles. The largest absolute Gasteiger partial charge is 0.491 e. The number of hydrogen-bond acceptors (Lipinski definition) is 3. The van der Waals surface area contributed by atoms with E-state index in [0.29, 0.717) is 42.8 Å². The van der Waals surface area contributed by atoms with Crippen molar-refractivity contribution in [1.29, 1.82) is 0 Å². The number of carbonyl (C=O) groups excluding carboxylic acids is 1. The van der Waals surface area contributed by atoms with Crippen molar-refractivity contribution < 1.29 is 9.53 Å². The number of allylic oxidation sites excluding steroid dienone is 4. The lowest BCUT2D eigenvalue weighted by molar-refractivity contribution is -0.119. The monoisotopic (exact) mass is 339 g/mol. The van der Waals surface area contributed by atoms with E-state index < -0.39 is 0 Å². The fraction of sp³-hybridized carbons (Fsp3) is 0.562. The van der Waals surface area contributed by atoms with Gasteiger partial charge in [-0.05, 0) is 24.8 Å². The lowest BCUT2D eigenvalue weighted by Crippen LogP contribution is -2.26. The summed E-state index contributed by atoms with van der Waals surface area (Å²) < 4.78 is 6.73. The van der Waals surface area contributed by atoms with Crippen LogP contribution in [0.25, 0.3) is 0 Å². The molecule has 110 valence electrons. The highest BCUT2D eigenvalue weighted by molar-refractivity contribution is 9.11. The van der Waals surface area contributed by atoms with Gasteiger partial charge in [0.2, 0.25) is 0 Å². The Morgan fingerprint density at radius 1 is 1.55 bits per heavy atom. The number of carbonyl (C=O) groups is 1. The number of hydrogen-bond donors (Lipinski definition) is 1. The van der Waals surface area contributed by atoms with Crippen molar-refractivity contribution in [1.82, 2.24) is 0 Å². The smallest absolute Gasteiger partial charge is 0.139 e. The summed E-state index contributed by atoms with van der Waals surface area (Å²) in [6.45, 7) is 6.42. The maximum Gasteiger partial charge on any atom is 0.139 e. The first kappa shape index (κ1) is 15.4. The first-order valence-corrected chi connectivity index (χ1v) is 7.94. The third-order valence-corrected chi connectivity index (χ3v) is 4.92. The summed E-state index contributed by atoms with van der Waals surface area (Å²) in [6, 6.07) is 0. The SMILES string of the molecule is C=C/C(Br)=C\C1=C(/N)C(C)C2CCC(=O)C[C@H](CO1)C2. The molecule has 1 heterocycles. The second kappa shape index (κ2) is 6.61. The van der Waals surface area contributed by atoms with Crippen molar-refractivity contribution >= 4 is 21.7 Å². The molecule has 0 saturated heterocycles. The molecule has 1 aliphatic carbocycles. The van der Waals surface area contributed by atoms with Gasteiger partial charge in [0.15, 0.2) is 0 Å². The van der Waals surface area contributed by atoms with E-state index >= 15 is 0 Å². The van der Waals surface area contributed by atoms with Gasteiger partial charge < -0.3 is 10.5 Å². The van der Waals surface area contributed by atoms with Crippen LogP contribution in [0.4, 0.5) is 0 Å². The normalized spacial score (nSPS) is 35.6. The Bertz CT molecular complexity index is 467. The molecule has 0 spiro atoms. The van der Waals surface area contributed by atoms with E-state index in [2.05, 4.69) is 29.4 Å². The summed E-state index contributed by atoms with van der Waals surface area (Å²) in [7, 11) is 0. The molecule has 2 N–H and O–H groups in total. The fourth-order valence-electron chi connectivity index (χ4n) is 3.06. The van der Waals surface area contributed by atoms with E-state index in [9.17, 15) is 4.79 Å². The predicted octanol–water partition coefficient (Wildman–Crippen LogP) is 3.66. The molecule has 0 radical (unpaired) electrons. The van der Waals surface area contributed by atoms with Crippen molar-refractivity contribution in [2.24, 2.45) is 23.5 Å². The van der Waals surface area contributed by atoms with Crippen LogP contribution < -0.4 is 5.73 Å². The minimum absolute atomic E-state index is 0.236. The Labute approximate surface area is 129 Å². The summed E-state index contributed by atoms with van der Waals surface area (Å²) >= 11 is 3.41. The minimum Gasteiger partial charge on any atom is -0.491 e. The number of Topliss-reactive ketones (excluding diaryl/α,β-unsaturated/α-hetero) is 1. The average molecular weight is 340 g/mol. The summed E-state index contributed by atoms with van der Waals surface area (Å²) in [5.41, 5.74) is 7.07. The van der Waals surface area contributed by atoms with Crippen LogP contribution in [0.1, 0.15) is 32.6 Å². The Morgan fingerprint density at radius 3 is 3.00 bits per heavy atom. The maximum atomic E-state index is 11.8. The molecule has 0 aromatic heterocycles. The highest BCUT2D eigenvalue weighted by Gasteiger charge is 2.32. The van der Waals surface area contributed by atoms with Gasteiger partial charge in [-0.3, -0.25) is 4.79 Å². The van der Waals surface area contributed by atoms with Gasteiger partial charge in [0.25, 0.3) is 0 Å². The van der Waals surface area contributed by atoms with E-state index in [1.165, 1.54) is 0 Å². The summed E-state index contributed by atoms with van der Waals surface area (Å²) in [4.78, 5) is 11.8. The van der Waals surface area contributed by atoms with Gasteiger partial charge in [0, 0.05) is 29.2 Å². The lowest BCUT2D eigenvalue weighted by Gasteiger charge is -2.30. The second-order valence-electron chi connectivity index (χ2n) is 5.80. The second-order valence-corrected chi connectivity index (χ2v) is 6.71. The molecular weight excluding hydrogens is 318 g/mol. The molecule has 2 rings (SSSR count). The van der Waals surface area contributed by atoms with Crippen molar-refractivity contribution in [2.75, 3.05) is 6.61 Å². The quantitative estimate of drug-likeness (QED) is 0.781. The molecule has 2 bridgehead atoms. The molecule has 2 aliphatic rings. The first-order valence-electron chi connectivity index (χ1n) is 7.15. The number of halogens is 1. The van der Waals surface area contributed by atoms with Gasteiger partial charge in [-0.2, -0.15) is 0 Å². The van der Waals surface area contributed by atoms with Crippen LogP contribution in [0.5, 0.6) is 0 Å². The molecule has 3 atom stereocenters. The molecule has 2 unspecified atom stereocenters. The van der Waals surface area contributed by atoms with Crippen LogP contribution in [0.15, 0.2) is 34.7 Å². The molecule has 1 fully saturated rings. The van der Waals surface area contributed by atoms with E-state index in [1.54, 1.807) is 6.08 Å². The molecule has 0 aromatic carbocycles. The van der Waals surface area contributed by atoms with Crippen LogP contribution in [0.3, 0.4) is 0 Å². The van der Waals surface area contributed by atoms with E-state index in [0.717, 1.165) is 23.0 Å². The average Bonchev–Trinajstić information content (AvgIpc) is 2.62. The summed E-state index contributed by atoms with van der Waals surface area (Å²) in [5, 5.41) is 0. The zero-order chi connectivity index (χ0) is 14.7. The van der Waals surface area contributed by atoms with E-state index in [4.69, 9.17) is 10.5 Å². The Hall–Kier alpha value is -1.03. The highest BCUT2D eigenvalue weighted by Crippen LogP contribution is 2.37. The topological polar surface area (TPSA) is 52.3 Å². The molecule has 0 amide bonds. The summed E-state index contributed by atoms with van der Waals surface area (Å²) in [6.07, 6.45) is 6.88. The van der Waals surface area contributed by atoms with Gasteiger partial charge in [0.1, 0.15) is 11.5 Å². The maximum absolute atomic E-state index is 11.8. The predicted molar refractivity (Wildman–Crippen MR) is 84.0 cm³/mol. The summed E-state index contributed by atoms with van der Waals surface area (Å²) in [5.74, 6) is 2.10. The van der Waals surface area contributed by atoms with Gasteiger partial charge in [0.05, 0.1) is 12.3 Å². The highest BCUT2D eigenvalue weighted by atomic mass is 79.9. The van der Waals surface area contributed by atoms with E-state index in [1.807, 2.05) is 6.08 Å². The lowest BCUT2D eigenvalue weighted by atomic mass is 9.81. The van der Waals surface area contributed by atoms with Crippen LogP contribution in [0, 0.1) is 17.8 Å². The molecule has 3 nitrogen and oxygen atoms in total. The first-order chi connectivity index (χ1) is 9.51. The number of fused-ring (bicyclic) bond motifs is 2. The van der Waals surface area contributed by atoms with E-state index in [-0.39, 0.29) is 5.92 Å². The molecule has 0 aromatic rings. The van der Waals surface area contributed by atoms with Crippen LogP contribution in [0.2, 0.25) is 0 Å². The zero-order valence-corrected chi connectivity index (χ0v) is 13.5. The van der Waals surface area contributed by atoms with Crippen molar-refractivity contribution in [3.05, 3.63) is 34.7 Å². The number of ether oxygens (including phenoxy) is 1. The molecule has 20 heavy (non-hydrogen) atoms. The molecular formula is C16H22BrNO2. The van der Waals surface area contributed by atoms with Gasteiger partial charge in [-0.25, -0.2) is 0 Å². The standard InChI is InChI=1S/C16H22BrNO2/c1-3-13(17)8-15-16(18)10(2)12-4-5-14(19)7-11(6-12)9-20-15/h3,8,10-12H,1,4-7,9,18H2,2H3/b13-8+,16-15+/t10?,11-,12?/m1/s1. The van der Waals surface area contributed by atoms with Gasteiger partial charge in [-0.15, -0.1) is 0 Å². The van der Waals surface area contributed by atoms with Crippen molar-refractivity contribution in [3.8, 4) is 0 Å². The number of rotatable bonds is 2. The third-order valence-electron chi connectivity index (χ3n) is 4.37. The minimum atomic E-state index is 0.236. The third kappa shape index (κ3) is 3.54. The Kier molecular flexibility index (Phi) is 5.08. The molecule has 4 heteroatoms. The number of nitrogens with two attached hydrogens (primary N) is 1. The van der Waals surface area contributed by atoms with Crippen molar-refractivity contribution in [3.63, 3.8) is 0 Å². The van der Waals surface area contributed by atoms with Gasteiger partial charge >= 0.3 is 0 Å².